The van der Waals surface area contributed by atoms with Crippen molar-refractivity contribution in [3.63, 3.8) is 0 Å². The standard InChI is InChI=1S/C13H18N3O2S.HI/c1-15-9-10-16(11-15)8-7-12-3-5-13(6-4-12)14-19(2,17)18;/h3-6,9-11,14H,7-8H2,1-2H3;1H/q+1;/p-1. The van der Waals surface area contributed by atoms with Crippen molar-refractivity contribution in [2.24, 2.45) is 7.05 Å². The van der Waals surface area contributed by atoms with Gasteiger partial charge in [0.1, 0.15) is 12.4 Å². The summed E-state index contributed by atoms with van der Waals surface area (Å²) in [6, 6.07) is 7.45. The summed E-state index contributed by atoms with van der Waals surface area (Å²) in [5.41, 5.74) is 1.77. The molecule has 1 N–H and O–H groups in total. The molecule has 0 bridgehead atoms. The minimum absolute atomic E-state index is 0. The van der Waals surface area contributed by atoms with Gasteiger partial charge in [0.25, 0.3) is 0 Å². The fourth-order valence-electron chi connectivity index (χ4n) is 1.85. The average molecular weight is 407 g/mol. The topological polar surface area (TPSA) is 55.0 Å². The Hall–Kier alpha value is -1.09. The predicted octanol–water partition coefficient (Wildman–Crippen LogP) is -2.07. The second-order valence-corrected chi connectivity index (χ2v) is 6.39. The zero-order valence-electron chi connectivity index (χ0n) is 11.5. The zero-order valence-corrected chi connectivity index (χ0v) is 14.4. The van der Waals surface area contributed by atoms with E-state index in [4.69, 9.17) is 0 Å². The molecule has 1 heterocycles. The summed E-state index contributed by atoms with van der Waals surface area (Å²) in [5, 5.41) is 0. The van der Waals surface area contributed by atoms with Gasteiger partial charge in [-0.1, -0.05) is 12.1 Å². The van der Waals surface area contributed by atoms with Gasteiger partial charge < -0.3 is 24.0 Å². The van der Waals surface area contributed by atoms with E-state index in [1.165, 1.54) is 5.56 Å². The van der Waals surface area contributed by atoms with E-state index in [9.17, 15) is 8.42 Å². The molecule has 5 nitrogen and oxygen atoms in total. The Labute approximate surface area is 136 Å². The van der Waals surface area contributed by atoms with Crippen LogP contribution >= 0.6 is 0 Å². The minimum Gasteiger partial charge on any atom is -1.00 e. The number of aromatic nitrogens is 2. The molecule has 1 aromatic carbocycles. The lowest BCUT2D eigenvalue weighted by Crippen LogP contribution is -3.00. The number of nitrogens with one attached hydrogen (secondary N) is 1. The molecule has 0 aliphatic heterocycles. The van der Waals surface area contributed by atoms with Crippen molar-refractivity contribution >= 4 is 15.7 Å². The number of benzene rings is 1. The molecular formula is C13H18IN3O2S. The van der Waals surface area contributed by atoms with Gasteiger partial charge in [-0.25, -0.2) is 17.6 Å². The van der Waals surface area contributed by atoms with E-state index < -0.39 is 10.0 Å². The van der Waals surface area contributed by atoms with Gasteiger partial charge in [-0.15, -0.1) is 0 Å². The van der Waals surface area contributed by atoms with Crippen LogP contribution in [0.25, 0.3) is 0 Å². The summed E-state index contributed by atoms with van der Waals surface area (Å²) >= 11 is 0. The first-order valence-corrected chi connectivity index (χ1v) is 7.89. The first kappa shape index (κ1) is 17.0. The van der Waals surface area contributed by atoms with Crippen LogP contribution in [0.1, 0.15) is 5.56 Å². The summed E-state index contributed by atoms with van der Waals surface area (Å²) in [6.45, 7) is 0.902. The van der Waals surface area contributed by atoms with Crippen LogP contribution < -0.4 is 33.3 Å². The van der Waals surface area contributed by atoms with Gasteiger partial charge in [0.05, 0.1) is 19.8 Å². The van der Waals surface area contributed by atoms with E-state index in [-0.39, 0.29) is 24.0 Å². The van der Waals surface area contributed by atoms with Crippen LogP contribution in [0.15, 0.2) is 43.0 Å². The number of aryl methyl sites for hydroxylation is 3. The van der Waals surface area contributed by atoms with E-state index in [2.05, 4.69) is 9.29 Å². The van der Waals surface area contributed by atoms with Gasteiger partial charge in [0, 0.05) is 12.1 Å². The highest BCUT2D eigenvalue weighted by Gasteiger charge is 2.03. The van der Waals surface area contributed by atoms with E-state index in [0.29, 0.717) is 5.69 Å². The molecule has 0 aliphatic carbocycles. The molecule has 2 rings (SSSR count). The number of hydrogen-bond acceptors (Lipinski definition) is 2. The third-order valence-corrected chi connectivity index (χ3v) is 3.35. The van der Waals surface area contributed by atoms with E-state index >= 15 is 0 Å². The summed E-state index contributed by atoms with van der Waals surface area (Å²) < 4.78 is 28.7. The van der Waals surface area contributed by atoms with Crippen molar-refractivity contribution in [2.45, 2.75) is 13.0 Å². The van der Waals surface area contributed by atoms with Crippen LogP contribution in [0.5, 0.6) is 0 Å². The smallest absolute Gasteiger partial charge is 0.243 e. The Balaban J connectivity index is 0.00000200. The van der Waals surface area contributed by atoms with Crippen LogP contribution in [0, 0.1) is 0 Å². The van der Waals surface area contributed by atoms with Crippen molar-refractivity contribution in [1.29, 1.82) is 0 Å². The highest BCUT2D eigenvalue weighted by molar-refractivity contribution is 7.92. The Morgan fingerprint density at radius 1 is 1.25 bits per heavy atom. The molecule has 0 aliphatic rings. The third kappa shape index (κ3) is 5.49. The molecule has 0 radical (unpaired) electrons. The fourth-order valence-corrected chi connectivity index (χ4v) is 2.41. The van der Waals surface area contributed by atoms with Gasteiger partial charge in [-0.2, -0.15) is 0 Å². The number of sulfonamides is 1. The van der Waals surface area contributed by atoms with Crippen molar-refractivity contribution in [2.75, 3.05) is 11.0 Å². The monoisotopic (exact) mass is 407 g/mol. The van der Waals surface area contributed by atoms with E-state index in [0.717, 1.165) is 19.2 Å². The predicted molar refractivity (Wildman–Crippen MR) is 74.2 cm³/mol. The molecule has 0 saturated heterocycles. The number of hydrogen-bond donors (Lipinski definition) is 1. The average Bonchev–Trinajstić information content (AvgIpc) is 2.72. The molecule has 110 valence electrons. The SMILES string of the molecule is Cn1cc[n+](CCc2ccc(NS(C)(=O)=O)cc2)c1.[I-]. The lowest BCUT2D eigenvalue weighted by molar-refractivity contribution is -0.695. The molecule has 0 fully saturated rings. The number of imidazole rings is 1. The fraction of sp³-hybridized carbons (Fsp3) is 0.308. The van der Waals surface area contributed by atoms with Gasteiger partial charge in [-0.3, -0.25) is 4.72 Å². The molecule has 0 saturated carbocycles. The summed E-state index contributed by atoms with van der Waals surface area (Å²) in [6.07, 6.45) is 8.11. The van der Waals surface area contributed by atoms with Crippen LogP contribution in [-0.4, -0.2) is 19.2 Å². The van der Waals surface area contributed by atoms with Gasteiger partial charge in [0.2, 0.25) is 16.4 Å². The Morgan fingerprint density at radius 3 is 2.40 bits per heavy atom. The zero-order chi connectivity index (χ0) is 13.9. The quantitative estimate of drug-likeness (QED) is 0.458. The van der Waals surface area contributed by atoms with E-state index in [1.54, 1.807) is 12.1 Å². The van der Waals surface area contributed by atoms with Crippen molar-refractivity contribution in [3.8, 4) is 0 Å². The lowest BCUT2D eigenvalue weighted by Gasteiger charge is -2.05. The molecule has 0 amide bonds. The Kier molecular flexibility index (Phi) is 6.00. The maximum absolute atomic E-state index is 11.1. The first-order valence-electron chi connectivity index (χ1n) is 6.00. The van der Waals surface area contributed by atoms with Crippen LogP contribution in [0.3, 0.4) is 0 Å². The number of halogens is 1. The van der Waals surface area contributed by atoms with Crippen molar-refractivity contribution in [1.82, 2.24) is 4.57 Å². The van der Waals surface area contributed by atoms with E-state index in [1.807, 2.05) is 42.5 Å². The second kappa shape index (κ2) is 7.07. The maximum Gasteiger partial charge on any atom is 0.243 e. The minimum atomic E-state index is -3.20. The third-order valence-electron chi connectivity index (χ3n) is 2.74. The highest BCUT2D eigenvalue weighted by atomic mass is 127. The number of anilines is 1. The molecule has 2 aromatic rings. The largest absolute Gasteiger partial charge is 1.00 e. The van der Waals surface area contributed by atoms with Gasteiger partial charge in [-0.05, 0) is 17.7 Å². The summed E-state index contributed by atoms with van der Waals surface area (Å²) in [5.74, 6) is 0. The van der Waals surface area contributed by atoms with Crippen LogP contribution in [-0.2, 0) is 30.0 Å². The van der Waals surface area contributed by atoms with Crippen LogP contribution in [0.4, 0.5) is 5.69 Å². The highest BCUT2D eigenvalue weighted by Crippen LogP contribution is 2.11. The Bertz CT molecular complexity index is 651. The maximum atomic E-state index is 11.1. The summed E-state index contributed by atoms with van der Waals surface area (Å²) in [7, 11) is -1.21. The van der Waals surface area contributed by atoms with Gasteiger partial charge >= 0.3 is 0 Å². The summed E-state index contributed by atoms with van der Waals surface area (Å²) in [4.78, 5) is 0. The molecule has 20 heavy (non-hydrogen) atoms. The Morgan fingerprint density at radius 2 is 1.90 bits per heavy atom. The normalized spacial score (nSPS) is 10.9. The van der Waals surface area contributed by atoms with Crippen molar-refractivity contribution < 1.29 is 37.0 Å². The molecular weight excluding hydrogens is 389 g/mol. The van der Waals surface area contributed by atoms with Gasteiger partial charge in [0.15, 0.2) is 0 Å². The molecule has 1 aromatic heterocycles. The van der Waals surface area contributed by atoms with Crippen LogP contribution in [0.2, 0.25) is 0 Å². The lowest BCUT2D eigenvalue weighted by atomic mass is 10.1. The number of nitrogens with zero attached hydrogens (tertiary/aromatic N) is 2. The molecule has 7 heteroatoms. The van der Waals surface area contributed by atoms with Crippen molar-refractivity contribution in [3.05, 3.63) is 48.5 Å². The first-order chi connectivity index (χ1) is 8.92. The molecule has 0 spiro atoms. The molecule has 0 atom stereocenters. The number of rotatable bonds is 5. The second-order valence-electron chi connectivity index (χ2n) is 4.64. The molecule has 0 unspecified atom stereocenters.